The van der Waals surface area contributed by atoms with Crippen LogP contribution in [0.25, 0.3) is 43.8 Å². The molecule has 0 spiro atoms. The Hall–Kier alpha value is -3.38. The fourth-order valence-corrected chi connectivity index (χ4v) is 3.95. The number of fused-ring (bicyclic) bond motifs is 2. The Morgan fingerprint density at radius 2 is 1.85 bits per heavy atom. The van der Waals surface area contributed by atoms with Gasteiger partial charge in [0.15, 0.2) is 0 Å². The highest BCUT2D eigenvalue weighted by Crippen LogP contribution is 2.30. The van der Waals surface area contributed by atoms with Crippen molar-refractivity contribution in [2.75, 3.05) is 5.73 Å². The molecule has 0 aliphatic carbocycles. The second kappa shape index (κ2) is 5.57. The summed E-state index contributed by atoms with van der Waals surface area (Å²) < 4.78 is 0. The summed E-state index contributed by atoms with van der Waals surface area (Å²) in [6.45, 7) is 0. The quantitative estimate of drug-likeness (QED) is 0.437. The summed E-state index contributed by atoms with van der Waals surface area (Å²) in [5, 5.41) is 2.85. The summed E-state index contributed by atoms with van der Waals surface area (Å²) in [7, 11) is 0. The number of H-pyrrole nitrogens is 2. The molecular formula is C20H14N4OS. The van der Waals surface area contributed by atoms with Crippen LogP contribution in [0.3, 0.4) is 0 Å². The fraction of sp³-hybridized carbons (Fsp3) is 0. The van der Waals surface area contributed by atoms with Gasteiger partial charge in [0, 0.05) is 10.3 Å². The number of nitrogen functional groups attached to an aromatic ring is 1. The number of nitrogens with two attached hydrogens (primary N) is 1. The van der Waals surface area contributed by atoms with Crippen LogP contribution < -0.4 is 11.3 Å². The van der Waals surface area contributed by atoms with Gasteiger partial charge < -0.3 is 15.7 Å². The number of rotatable bonds is 2. The molecule has 6 heteroatoms. The number of benzene rings is 2. The Morgan fingerprint density at radius 3 is 2.69 bits per heavy atom. The van der Waals surface area contributed by atoms with E-state index in [1.807, 2.05) is 53.9 Å². The van der Waals surface area contributed by atoms with Gasteiger partial charge in [-0.15, -0.1) is 11.3 Å². The van der Waals surface area contributed by atoms with E-state index in [2.05, 4.69) is 21.0 Å². The lowest BCUT2D eigenvalue weighted by Gasteiger charge is -2.06. The third-order valence-corrected chi connectivity index (χ3v) is 5.41. The lowest BCUT2D eigenvalue weighted by molar-refractivity contribution is 1.25. The van der Waals surface area contributed by atoms with E-state index in [0.717, 1.165) is 27.5 Å². The number of hydrogen-bond acceptors (Lipinski definition) is 4. The zero-order chi connectivity index (χ0) is 17.7. The van der Waals surface area contributed by atoms with E-state index >= 15 is 0 Å². The first kappa shape index (κ1) is 14.9. The molecule has 5 nitrogen and oxygen atoms in total. The molecule has 0 aliphatic heterocycles. The standard InChI is InChI=1S/C20H14N4OS/c21-18-12-4-1-2-5-13(12)24-20(25)17(18)19-22-14-8-7-11(10-15(14)23-19)16-6-3-9-26-16/h1-10H,(H,22,23)(H3,21,24,25). The van der Waals surface area contributed by atoms with E-state index < -0.39 is 0 Å². The average Bonchev–Trinajstić information content (AvgIpc) is 3.31. The minimum atomic E-state index is -0.251. The van der Waals surface area contributed by atoms with Crippen LogP contribution in [0.5, 0.6) is 0 Å². The van der Waals surface area contributed by atoms with Gasteiger partial charge in [-0.1, -0.05) is 30.3 Å². The molecule has 126 valence electrons. The predicted molar refractivity (Wildman–Crippen MR) is 107 cm³/mol. The maximum absolute atomic E-state index is 12.6. The Labute approximate surface area is 152 Å². The summed E-state index contributed by atoms with van der Waals surface area (Å²) in [6, 6.07) is 17.6. The van der Waals surface area contributed by atoms with E-state index in [9.17, 15) is 4.79 Å². The van der Waals surface area contributed by atoms with Crippen LogP contribution in [0.2, 0.25) is 0 Å². The molecule has 0 unspecified atom stereocenters. The molecule has 0 atom stereocenters. The normalized spacial score (nSPS) is 11.4. The molecule has 0 fully saturated rings. The summed E-state index contributed by atoms with van der Waals surface area (Å²) >= 11 is 1.68. The number of nitrogens with zero attached hydrogens (tertiary/aromatic N) is 1. The highest BCUT2D eigenvalue weighted by Gasteiger charge is 2.16. The number of nitrogens with one attached hydrogen (secondary N) is 2. The monoisotopic (exact) mass is 358 g/mol. The number of thiophene rings is 1. The first-order valence-corrected chi connectivity index (χ1v) is 9.03. The summed E-state index contributed by atoms with van der Waals surface area (Å²) in [5.41, 5.74) is 10.3. The third kappa shape index (κ3) is 2.23. The van der Waals surface area contributed by atoms with Gasteiger partial charge in [0.1, 0.15) is 11.4 Å². The second-order valence-corrected chi connectivity index (χ2v) is 7.03. The molecule has 5 rings (SSSR count). The highest BCUT2D eigenvalue weighted by atomic mass is 32.1. The van der Waals surface area contributed by atoms with Crippen molar-refractivity contribution in [2.45, 2.75) is 0 Å². The van der Waals surface area contributed by atoms with Crippen LogP contribution in [0, 0.1) is 0 Å². The van der Waals surface area contributed by atoms with Gasteiger partial charge in [-0.3, -0.25) is 4.79 Å². The average molecular weight is 358 g/mol. The first-order chi connectivity index (χ1) is 12.7. The number of aromatic nitrogens is 3. The van der Waals surface area contributed by atoms with Crippen LogP contribution >= 0.6 is 11.3 Å². The van der Waals surface area contributed by atoms with Crippen LogP contribution in [0.4, 0.5) is 5.69 Å². The van der Waals surface area contributed by atoms with Crippen molar-refractivity contribution in [1.29, 1.82) is 0 Å². The summed E-state index contributed by atoms with van der Waals surface area (Å²) in [6.07, 6.45) is 0. The maximum atomic E-state index is 12.6. The molecule has 3 heterocycles. The van der Waals surface area contributed by atoms with E-state index in [0.29, 0.717) is 17.1 Å². The molecule has 3 aromatic heterocycles. The molecule has 26 heavy (non-hydrogen) atoms. The van der Waals surface area contributed by atoms with Crippen LogP contribution in [-0.4, -0.2) is 15.0 Å². The molecule has 5 aromatic rings. The van der Waals surface area contributed by atoms with Gasteiger partial charge in [-0.05, 0) is 35.2 Å². The maximum Gasteiger partial charge on any atom is 0.261 e. The summed E-state index contributed by atoms with van der Waals surface area (Å²) in [5.74, 6) is 0.479. The van der Waals surface area contributed by atoms with E-state index in [4.69, 9.17) is 5.73 Å². The van der Waals surface area contributed by atoms with Crippen molar-refractivity contribution in [3.05, 3.63) is 70.3 Å². The molecule has 2 aromatic carbocycles. The molecular weight excluding hydrogens is 344 g/mol. The van der Waals surface area contributed by atoms with Gasteiger partial charge in [-0.25, -0.2) is 4.98 Å². The molecule has 0 radical (unpaired) electrons. The topological polar surface area (TPSA) is 87.6 Å². The van der Waals surface area contributed by atoms with Gasteiger partial charge in [0.05, 0.1) is 22.2 Å². The SMILES string of the molecule is Nc1c(-c2nc3cc(-c4cccs4)ccc3[nH]2)c(=O)[nH]c2ccccc12. The van der Waals surface area contributed by atoms with Crippen molar-refractivity contribution in [3.63, 3.8) is 0 Å². The van der Waals surface area contributed by atoms with Crippen LogP contribution in [0.15, 0.2) is 64.8 Å². The van der Waals surface area contributed by atoms with Crippen molar-refractivity contribution in [3.8, 4) is 21.8 Å². The third-order valence-electron chi connectivity index (χ3n) is 4.49. The van der Waals surface area contributed by atoms with Crippen LogP contribution in [0.1, 0.15) is 0 Å². The van der Waals surface area contributed by atoms with Crippen molar-refractivity contribution in [2.24, 2.45) is 0 Å². The minimum absolute atomic E-state index is 0.251. The zero-order valence-corrected chi connectivity index (χ0v) is 14.4. The smallest absolute Gasteiger partial charge is 0.261 e. The van der Waals surface area contributed by atoms with Crippen molar-refractivity contribution < 1.29 is 0 Å². The zero-order valence-electron chi connectivity index (χ0n) is 13.6. The Bertz CT molecular complexity index is 1320. The molecule has 0 aliphatic rings. The number of pyridine rings is 1. The predicted octanol–water partition coefficient (Wildman–Crippen LogP) is 4.38. The largest absolute Gasteiger partial charge is 0.397 e. The van der Waals surface area contributed by atoms with E-state index in [-0.39, 0.29) is 5.56 Å². The Kier molecular flexibility index (Phi) is 3.20. The van der Waals surface area contributed by atoms with Crippen molar-refractivity contribution in [1.82, 2.24) is 15.0 Å². The van der Waals surface area contributed by atoms with Gasteiger partial charge in [0.2, 0.25) is 0 Å². The first-order valence-electron chi connectivity index (χ1n) is 8.15. The minimum Gasteiger partial charge on any atom is -0.397 e. The molecule has 0 bridgehead atoms. The fourth-order valence-electron chi connectivity index (χ4n) is 3.22. The van der Waals surface area contributed by atoms with E-state index in [1.54, 1.807) is 11.3 Å². The van der Waals surface area contributed by atoms with Gasteiger partial charge in [-0.2, -0.15) is 0 Å². The van der Waals surface area contributed by atoms with Gasteiger partial charge in [0.25, 0.3) is 5.56 Å². The molecule has 4 N–H and O–H groups in total. The van der Waals surface area contributed by atoms with Crippen LogP contribution in [-0.2, 0) is 0 Å². The number of hydrogen-bond donors (Lipinski definition) is 3. The number of anilines is 1. The lowest BCUT2D eigenvalue weighted by atomic mass is 10.1. The lowest BCUT2D eigenvalue weighted by Crippen LogP contribution is -2.13. The molecule has 0 amide bonds. The highest BCUT2D eigenvalue weighted by molar-refractivity contribution is 7.13. The Balaban J connectivity index is 1.72. The van der Waals surface area contributed by atoms with Gasteiger partial charge >= 0.3 is 0 Å². The number of imidazole rings is 1. The number of para-hydroxylation sites is 1. The second-order valence-electron chi connectivity index (χ2n) is 6.08. The van der Waals surface area contributed by atoms with Crippen molar-refractivity contribution >= 4 is 39.0 Å². The molecule has 0 saturated heterocycles. The van der Waals surface area contributed by atoms with E-state index in [1.165, 1.54) is 4.88 Å². The Morgan fingerprint density at radius 1 is 0.962 bits per heavy atom. The number of aromatic amines is 2. The molecule has 0 saturated carbocycles. The summed E-state index contributed by atoms with van der Waals surface area (Å²) in [4.78, 5) is 24.5.